The Bertz CT molecular complexity index is 260. The van der Waals surface area contributed by atoms with Crippen LogP contribution in [0.5, 0.6) is 0 Å². The van der Waals surface area contributed by atoms with Crippen LogP contribution in [-0.4, -0.2) is 59.6 Å². The molecule has 2 rings (SSSR count). The summed E-state index contributed by atoms with van der Waals surface area (Å²) in [5.74, 6) is 0. The highest BCUT2D eigenvalue weighted by molar-refractivity contribution is 9.09. The van der Waals surface area contributed by atoms with Gasteiger partial charge in [-0.1, -0.05) is 22.4 Å². The van der Waals surface area contributed by atoms with Gasteiger partial charge in [-0.05, 0) is 19.4 Å². The average Bonchev–Trinajstić information content (AvgIpc) is 2.27. The van der Waals surface area contributed by atoms with E-state index in [-0.39, 0.29) is 6.54 Å². The molecule has 0 saturated carbocycles. The maximum Gasteiger partial charge on any atom is 0.402 e. The third-order valence-corrected chi connectivity index (χ3v) is 4.50. The van der Waals surface area contributed by atoms with Crippen molar-refractivity contribution in [1.82, 2.24) is 9.80 Å². The molecule has 0 radical (unpaired) electrons. The third-order valence-electron chi connectivity index (χ3n) is 3.70. The van der Waals surface area contributed by atoms with E-state index in [0.29, 0.717) is 6.04 Å². The maximum absolute atomic E-state index is 12.5. The van der Waals surface area contributed by atoms with Gasteiger partial charge in [0, 0.05) is 32.2 Å². The number of fused-ring (bicyclic) bond motifs is 1. The van der Waals surface area contributed by atoms with Crippen molar-refractivity contribution in [3.63, 3.8) is 0 Å². The van der Waals surface area contributed by atoms with Gasteiger partial charge in [0.05, 0.1) is 0 Å². The molecule has 2 atom stereocenters. The number of hydrogen-bond donors (Lipinski definition) is 0. The second-order valence-corrected chi connectivity index (χ2v) is 6.06. The molecular weight excluding hydrogens is 297 g/mol. The molecule has 0 aromatic heterocycles. The number of piperidine rings is 1. The van der Waals surface area contributed by atoms with Crippen LogP contribution in [-0.2, 0) is 0 Å². The van der Waals surface area contributed by atoms with Crippen molar-refractivity contribution in [3.05, 3.63) is 0 Å². The van der Waals surface area contributed by atoms with Crippen LogP contribution >= 0.6 is 15.9 Å². The molecule has 2 unspecified atom stereocenters. The van der Waals surface area contributed by atoms with Crippen molar-refractivity contribution in [2.24, 2.45) is 0 Å². The van der Waals surface area contributed by atoms with E-state index in [0.717, 1.165) is 32.6 Å². The molecule has 17 heavy (non-hydrogen) atoms. The van der Waals surface area contributed by atoms with Gasteiger partial charge in [0.25, 0.3) is 0 Å². The summed E-state index contributed by atoms with van der Waals surface area (Å²) in [5.41, 5.74) is 0. The molecule has 2 aliphatic heterocycles. The summed E-state index contributed by atoms with van der Waals surface area (Å²) in [4.78, 5) is 2.97. The fourth-order valence-corrected chi connectivity index (χ4v) is 3.13. The van der Waals surface area contributed by atoms with E-state index >= 15 is 0 Å². The Balaban J connectivity index is 1.83. The van der Waals surface area contributed by atoms with E-state index in [9.17, 15) is 13.2 Å². The Hall–Kier alpha value is 0.190. The minimum atomic E-state index is -4.14. The molecule has 0 N–H and O–H groups in total. The molecule has 2 aliphatic rings. The van der Waals surface area contributed by atoms with E-state index in [1.165, 1.54) is 12.8 Å². The van der Waals surface area contributed by atoms with Gasteiger partial charge in [-0.25, -0.2) is 0 Å². The highest BCUT2D eigenvalue weighted by Gasteiger charge is 2.40. The van der Waals surface area contributed by atoms with Crippen LogP contribution in [0.15, 0.2) is 0 Å². The van der Waals surface area contributed by atoms with Gasteiger partial charge in [-0.2, -0.15) is 13.2 Å². The minimum absolute atomic E-state index is 0.0772. The van der Waals surface area contributed by atoms with Crippen LogP contribution in [0.1, 0.15) is 19.3 Å². The maximum atomic E-state index is 12.5. The smallest absolute Gasteiger partial charge is 0.299 e. The molecule has 0 spiro atoms. The highest BCUT2D eigenvalue weighted by Crippen LogP contribution is 2.28. The lowest BCUT2D eigenvalue weighted by atomic mass is 9.99. The average molecular weight is 315 g/mol. The minimum Gasteiger partial charge on any atom is -0.299 e. The quantitative estimate of drug-likeness (QED) is 0.723. The zero-order valence-corrected chi connectivity index (χ0v) is 11.3. The monoisotopic (exact) mass is 314 g/mol. The number of rotatable bonds is 2. The standard InChI is InChI=1S/C11H18BrF3N2/c12-10(11(13,14)15)8-16-5-6-17-4-2-1-3-9(17)7-16/h9-10H,1-8H2. The third kappa shape index (κ3) is 3.58. The largest absolute Gasteiger partial charge is 0.402 e. The summed E-state index contributed by atoms with van der Waals surface area (Å²) >= 11 is 2.74. The summed E-state index contributed by atoms with van der Waals surface area (Å²) in [6.07, 6.45) is -0.550. The van der Waals surface area contributed by atoms with Gasteiger partial charge < -0.3 is 0 Å². The first kappa shape index (κ1) is 13.6. The van der Waals surface area contributed by atoms with Crippen LogP contribution < -0.4 is 0 Å². The lowest BCUT2D eigenvalue weighted by Gasteiger charge is -2.44. The van der Waals surface area contributed by atoms with Gasteiger partial charge in [0.2, 0.25) is 0 Å². The fraction of sp³-hybridized carbons (Fsp3) is 1.00. The molecule has 2 saturated heterocycles. The lowest BCUT2D eigenvalue weighted by molar-refractivity contribution is -0.132. The topological polar surface area (TPSA) is 6.48 Å². The molecule has 100 valence electrons. The van der Waals surface area contributed by atoms with E-state index in [2.05, 4.69) is 20.8 Å². The first-order valence-corrected chi connectivity index (χ1v) is 7.05. The van der Waals surface area contributed by atoms with E-state index in [1.54, 1.807) is 0 Å². The van der Waals surface area contributed by atoms with Gasteiger partial charge in [-0.3, -0.25) is 9.80 Å². The Morgan fingerprint density at radius 3 is 2.65 bits per heavy atom. The van der Waals surface area contributed by atoms with Gasteiger partial charge in [0.1, 0.15) is 4.83 Å². The zero-order valence-electron chi connectivity index (χ0n) is 9.72. The summed E-state index contributed by atoms with van der Waals surface area (Å²) in [7, 11) is 0. The first-order chi connectivity index (χ1) is 7.97. The summed E-state index contributed by atoms with van der Waals surface area (Å²) in [6, 6.07) is 0.477. The van der Waals surface area contributed by atoms with Gasteiger partial charge >= 0.3 is 6.18 Å². The number of halogens is 4. The lowest BCUT2D eigenvalue weighted by Crippen LogP contribution is -2.56. The van der Waals surface area contributed by atoms with Crippen LogP contribution in [0, 0.1) is 0 Å². The van der Waals surface area contributed by atoms with Crippen LogP contribution in [0.25, 0.3) is 0 Å². The Kier molecular flexibility index (Phi) is 4.36. The van der Waals surface area contributed by atoms with Crippen LogP contribution in [0.4, 0.5) is 13.2 Å². The number of hydrogen-bond acceptors (Lipinski definition) is 2. The summed E-state index contributed by atoms with van der Waals surface area (Å²) in [6.45, 7) is 3.67. The van der Waals surface area contributed by atoms with E-state index < -0.39 is 11.0 Å². The number of alkyl halides is 4. The van der Waals surface area contributed by atoms with Crippen molar-refractivity contribution in [2.75, 3.05) is 32.7 Å². The molecular formula is C11H18BrF3N2. The number of piperazine rings is 1. The molecule has 0 aromatic carbocycles. The molecule has 2 nitrogen and oxygen atoms in total. The van der Waals surface area contributed by atoms with Crippen molar-refractivity contribution >= 4 is 15.9 Å². The molecule has 2 fully saturated rings. The van der Waals surface area contributed by atoms with E-state index in [1.807, 2.05) is 4.90 Å². The SMILES string of the molecule is FC(F)(F)C(Br)CN1CCN2CCCCC2C1. The first-order valence-electron chi connectivity index (χ1n) is 6.14. The Labute approximate surface area is 108 Å². The summed E-state index contributed by atoms with van der Waals surface area (Å²) in [5, 5.41) is 0. The second-order valence-electron chi connectivity index (χ2n) is 4.95. The van der Waals surface area contributed by atoms with Crippen molar-refractivity contribution in [3.8, 4) is 0 Å². The van der Waals surface area contributed by atoms with Gasteiger partial charge in [-0.15, -0.1) is 0 Å². The zero-order chi connectivity index (χ0) is 12.5. The molecule has 2 heterocycles. The van der Waals surface area contributed by atoms with Crippen molar-refractivity contribution < 1.29 is 13.2 Å². The van der Waals surface area contributed by atoms with Crippen molar-refractivity contribution in [1.29, 1.82) is 0 Å². The molecule has 0 bridgehead atoms. The fourth-order valence-electron chi connectivity index (χ4n) is 2.72. The van der Waals surface area contributed by atoms with Gasteiger partial charge in [0.15, 0.2) is 0 Å². The molecule has 0 amide bonds. The predicted octanol–water partition coefficient (Wildman–Crippen LogP) is 2.48. The highest BCUT2D eigenvalue weighted by atomic mass is 79.9. The molecule has 0 aromatic rings. The molecule has 6 heteroatoms. The predicted molar refractivity (Wildman–Crippen MR) is 64.4 cm³/mol. The molecule has 0 aliphatic carbocycles. The van der Waals surface area contributed by atoms with Crippen molar-refractivity contribution in [2.45, 2.75) is 36.3 Å². The van der Waals surface area contributed by atoms with Crippen LogP contribution in [0.2, 0.25) is 0 Å². The normalized spacial score (nSPS) is 30.0. The van der Waals surface area contributed by atoms with E-state index in [4.69, 9.17) is 0 Å². The second kappa shape index (κ2) is 5.45. The van der Waals surface area contributed by atoms with Crippen LogP contribution in [0.3, 0.4) is 0 Å². The Morgan fingerprint density at radius 1 is 1.18 bits per heavy atom. The Morgan fingerprint density at radius 2 is 1.94 bits per heavy atom. The summed E-state index contributed by atoms with van der Waals surface area (Å²) < 4.78 is 37.4. The number of nitrogens with zero attached hydrogens (tertiary/aromatic N) is 2.